The molecule has 0 spiro atoms. The minimum atomic E-state index is -4.59. The number of esters is 2. The second kappa shape index (κ2) is 30.9. The molecule has 0 aliphatic carbocycles. The molecule has 1 rings (SSSR count). The smallest absolute Gasteiger partial charge is 0.306 e. The average molecular weight is 767 g/mol. The zero-order chi connectivity index (χ0) is 38.5. The van der Waals surface area contributed by atoms with Gasteiger partial charge in [-0.15, -0.1) is 0 Å². The van der Waals surface area contributed by atoms with Crippen LogP contribution in [0.4, 0.5) is 0 Å². The minimum absolute atomic E-state index is 0.170. The van der Waals surface area contributed by atoms with Crippen molar-refractivity contribution in [2.75, 3.05) is 19.0 Å². The standard InChI is InChI=1S/C39H74O12S/c1-3-5-7-9-11-13-14-15-16-17-18-20-21-23-25-27-34(40)48-29-32(50-35(41)28-26-24-22-19-12-10-8-6-4-2)30-49-39-38(44)37(43)36(42)33(51-39)31-52(45,46)47/h32-33,36-39,42-44H,3-31H2,1-2H3,(H,45,46,47)/t32-,33-,36-,37?,38?,39+/m1/s1. The highest BCUT2D eigenvalue weighted by Gasteiger charge is 2.46. The van der Waals surface area contributed by atoms with Crippen molar-refractivity contribution in [1.29, 1.82) is 0 Å². The van der Waals surface area contributed by atoms with Gasteiger partial charge >= 0.3 is 11.9 Å². The van der Waals surface area contributed by atoms with Crippen LogP contribution in [0.5, 0.6) is 0 Å². The van der Waals surface area contributed by atoms with Gasteiger partial charge in [-0.1, -0.05) is 155 Å². The Kier molecular flexibility index (Phi) is 28.9. The number of carbonyl (C=O) groups excluding carboxylic acids is 2. The van der Waals surface area contributed by atoms with Crippen molar-refractivity contribution in [3.8, 4) is 0 Å². The van der Waals surface area contributed by atoms with Crippen molar-refractivity contribution >= 4 is 22.1 Å². The van der Waals surface area contributed by atoms with Crippen LogP contribution in [0.3, 0.4) is 0 Å². The molecule has 1 aliphatic heterocycles. The maximum absolute atomic E-state index is 12.7. The fraction of sp³-hybridized carbons (Fsp3) is 0.949. The lowest BCUT2D eigenvalue weighted by Crippen LogP contribution is -2.60. The fourth-order valence-corrected chi connectivity index (χ4v) is 7.13. The summed E-state index contributed by atoms with van der Waals surface area (Å²) in [5.74, 6) is -1.97. The monoisotopic (exact) mass is 766 g/mol. The summed E-state index contributed by atoms with van der Waals surface area (Å²) in [6.07, 6.45) is 18.8. The molecule has 0 aromatic rings. The van der Waals surface area contributed by atoms with Gasteiger partial charge in [0.05, 0.1) is 6.61 Å². The molecule has 308 valence electrons. The van der Waals surface area contributed by atoms with E-state index < -0.39 is 71.2 Å². The van der Waals surface area contributed by atoms with Crippen molar-refractivity contribution in [2.45, 2.75) is 218 Å². The number of rotatable bonds is 34. The molecule has 0 aromatic carbocycles. The molecule has 1 aliphatic rings. The first-order valence-corrected chi connectivity index (χ1v) is 22.2. The van der Waals surface area contributed by atoms with Crippen LogP contribution in [0.15, 0.2) is 0 Å². The van der Waals surface area contributed by atoms with E-state index in [0.717, 1.165) is 38.5 Å². The van der Waals surface area contributed by atoms with Crippen LogP contribution in [0.1, 0.15) is 181 Å². The SMILES string of the molecule is CCCCCCCCCCCCCCCCCC(=O)OC[C@H](CO[C@H]1O[C@H](CS(=O)(=O)O)[C@@H](O)C(O)C1O)OC(=O)CCCCCCCCCCC. The van der Waals surface area contributed by atoms with Crippen LogP contribution >= 0.6 is 0 Å². The molecule has 0 radical (unpaired) electrons. The van der Waals surface area contributed by atoms with Crippen LogP contribution in [0.2, 0.25) is 0 Å². The van der Waals surface area contributed by atoms with Gasteiger partial charge in [0.25, 0.3) is 10.1 Å². The van der Waals surface area contributed by atoms with Crippen LogP contribution in [0, 0.1) is 0 Å². The first kappa shape index (κ1) is 48.7. The molecule has 2 unspecified atom stereocenters. The summed E-state index contributed by atoms with van der Waals surface area (Å²) >= 11 is 0. The number of hydrogen-bond acceptors (Lipinski definition) is 11. The Morgan fingerprint density at radius 1 is 0.577 bits per heavy atom. The van der Waals surface area contributed by atoms with Crippen molar-refractivity contribution in [3.63, 3.8) is 0 Å². The maximum Gasteiger partial charge on any atom is 0.306 e. The Labute approximate surface area is 314 Å². The number of ether oxygens (including phenoxy) is 4. The molecule has 12 nitrogen and oxygen atoms in total. The molecule has 0 amide bonds. The summed E-state index contributed by atoms with van der Waals surface area (Å²) in [5, 5.41) is 30.7. The predicted molar refractivity (Wildman–Crippen MR) is 201 cm³/mol. The van der Waals surface area contributed by atoms with Crippen LogP contribution in [-0.2, 0) is 38.7 Å². The highest BCUT2D eigenvalue weighted by atomic mass is 32.2. The van der Waals surface area contributed by atoms with E-state index in [2.05, 4.69) is 13.8 Å². The molecular formula is C39H74O12S. The Morgan fingerprint density at radius 2 is 0.981 bits per heavy atom. The molecule has 4 N–H and O–H groups in total. The number of carbonyl (C=O) groups is 2. The zero-order valence-corrected chi connectivity index (χ0v) is 33.2. The quantitative estimate of drug-likeness (QED) is 0.0291. The highest BCUT2D eigenvalue weighted by Crippen LogP contribution is 2.24. The van der Waals surface area contributed by atoms with E-state index in [-0.39, 0.29) is 19.4 Å². The molecule has 0 aromatic heterocycles. The Balaban J connectivity index is 2.45. The summed E-state index contributed by atoms with van der Waals surface area (Å²) in [6, 6.07) is 0. The first-order chi connectivity index (χ1) is 25.0. The third-order valence-electron chi connectivity index (χ3n) is 9.69. The lowest BCUT2D eigenvalue weighted by molar-refractivity contribution is -0.297. The average Bonchev–Trinajstić information content (AvgIpc) is 3.10. The lowest BCUT2D eigenvalue weighted by Gasteiger charge is -2.40. The number of aliphatic hydroxyl groups excluding tert-OH is 3. The topological polar surface area (TPSA) is 186 Å². The summed E-state index contributed by atoms with van der Waals surface area (Å²) in [6.45, 7) is 3.73. The molecule has 6 atom stereocenters. The van der Waals surface area contributed by atoms with E-state index in [0.29, 0.717) is 12.8 Å². The summed E-state index contributed by atoms with van der Waals surface area (Å²) in [4.78, 5) is 25.2. The molecule has 1 fully saturated rings. The lowest BCUT2D eigenvalue weighted by atomic mass is 10.00. The van der Waals surface area contributed by atoms with E-state index in [1.807, 2.05) is 0 Å². The van der Waals surface area contributed by atoms with Crippen molar-refractivity contribution in [2.24, 2.45) is 0 Å². The number of hydrogen-bond donors (Lipinski definition) is 4. The third kappa shape index (κ3) is 25.6. The Hall–Kier alpha value is -1.35. The molecule has 52 heavy (non-hydrogen) atoms. The minimum Gasteiger partial charge on any atom is -0.462 e. The second-order valence-corrected chi connectivity index (χ2v) is 16.2. The first-order valence-electron chi connectivity index (χ1n) is 20.6. The number of unbranched alkanes of at least 4 members (excludes halogenated alkanes) is 22. The predicted octanol–water partition coefficient (Wildman–Crippen LogP) is 7.34. The van der Waals surface area contributed by atoms with E-state index in [9.17, 15) is 37.9 Å². The second-order valence-electron chi connectivity index (χ2n) is 14.7. The molecule has 0 saturated carbocycles. The van der Waals surface area contributed by atoms with Gasteiger partial charge < -0.3 is 34.3 Å². The van der Waals surface area contributed by atoms with Gasteiger partial charge in [-0.05, 0) is 12.8 Å². The van der Waals surface area contributed by atoms with Gasteiger partial charge in [-0.2, -0.15) is 8.42 Å². The molecular weight excluding hydrogens is 692 g/mol. The zero-order valence-electron chi connectivity index (χ0n) is 32.4. The van der Waals surface area contributed by atoms with Gasteiger partial charge in [-0.3, -0.25) is 14.1 Å². The summed E-state index contributed by atoms with van der Waals surface area (Å²) in [5.41, 5.74) is 0. The van der Waals surface area contributed by atoms with Crippen LogP contribution in [-0.4, -0.2) is 96.0 Å². The van der Waals surface area contributed by atoms with E-state index in [1.54, 1.807) is 0 Å². The van der Waals surface area contributed by atoms with Gasteiger partial charge in [0.15, 0.2) is 12.4 Å². The fourth-order valence-electron chi connectivity index (χ4n) is 6.44. The Bertz CT molecular complexity index is 994. The summed E-state index contributed by atoms with van der Waals surface area (Å²) in [7, 11) is -4.59. The van der Waals surface area contributed by atoms with Crippen LogP contribution in [0.25, 0.3) is 0 Å². The molecule has 13 heteroatoms. The molecule has 1 heterocycles. The Morgan fingerprint density at radius 3 is 1.40 bits per heavy atom. The highest BCUT2D eigenvalue weighted by molar-refractivity contribution is 7.85. The van der Waals surface area contributed by atoms with Gasteiger partial charge in [0.2, 0.25) is 0 Å². The van der Waals surface area contributed by atoms with Crippen molar-refractivity contribution in [3.05, 3.63) is 0 Å². The maximum atomic E-state index is 12.7. The summed E-state index contributed by atoms with van der Waals surface area (Å²) < 4.78 is 53.8. The van der Waals surface area contributed by atoms with Gasteiger partial charge in [0, 0.05) is 12.8 Å². The molecule has 0 bridgehead atoms. The third-order valence-corrected chi connectivity index (χ3v) is 10.4. The van der Waals surface area contributed by atoms with Crippen LogP contribution < -0.4 is 0 Å². The van der Waals surface area contributed by atoms with Crippen molar-refractivity contribution < 1.29 is 56.8 Å². The van der Waals surface area contributed by atoms with E-state index >= 15 is 0 Å². The van der Waals surface area contributed by atoms with Gasteiger partial charge in [0.1, 0.15) is 36.8 Å². The van der Waals surface area contributed by atoms with E-state index in [4.69, 9.17) is 18.9 Å². The van der Waals surface area contributed by atoms with Gasteiger partial charge in [-0.25, -0.2) is 0 Å². The molecule has 1 saturated heterocycles. The van der Waals surface area contributed by atoms with E-state index in [1.165, 1.54) is 103 Å². The largest absolute Gasteiger partial charge is 0.462 e. The number of aliphatic hydroxyl groups is 3. The normalized spacial score (nSPS) is 21.2. The van der Waals surface area contributed by atoms with Crippen molar-refractivity contribution in [1.82, 2.24) is 0 Å².